The van der Waals surface area contributed by atoms with E-state index < -0.39 is 12.1 Å². The van der Waals surface area contributed by atoms with Crippen LogP contribution in [0.15, 0.2) is 97.1 Å². The molecule has 0 aliphatic rings. The topological polar surface area (TPSA) is 85.0 Å². The summed E-state index contributed by atoms with van der Waals surface area (Å²) in [5.74, 6) is -0.879. The van der Waals surface area contributed by atoms with E-state index in [0.717, 1.165) is 27.5 Å². The highest BCUT2D eigenvalue weighted by Crippen LogP contribution is 2.21. The minimum Gasteiger partial charge on any atom is -0.332 e. The van der Waals surface area contributed by atoms with Crippen LogP contribution < -0.4 is 10.7 Å². The van der Waals surface area contributed by atoms with E-state index in [1.807, 2.05) is 92.0 Å². The Morgan fingerprint density at radius 3 is 2.00 bits per heavy atom. The molecule has 0 aliphatic heterocycles. The Balaban J connectivity index is 1.70. The zero-order chi connectivity index (χ0) is 30.9. The third-order valence-corrected chi connectivity index (χ3v) is 7.59. The largest absolute Gasteiger partial charge is 0.332 e. The molecule has 4 rings (SSSR count). The van der Waals surface area contributed by atoms with Crippen molar-refractivity contribution in [1.82, 2.24) is 25.6 Å². The van der Waals surface area contributed by atoms with Crippen LogP contribution in [0.1, 0.15) is 27.0 Å². The number of hydrogen-bond donors (Lipinski definition) is 2. The van der Waals surface area contributed by atoms with Gasteiger partial charge in [0.15, 0.2) is 0 Å². The van der Waals surface area contributed by atoms with Gasteiger partial charge in [0.25, 0.3) is 11.8 Å². The Bertz CT molecular complexity index is 1560. The molecule has 8 nitrogen and oxygen atoms in total. The summed E-state index contributed by atoms with van der Waals surface area (Å²) in [5, 5.41) is 6.83. The molecule has 0 radical (unpaired) electrons. The first kappa shape index (κ1) is 31.4. The van der Waals surface area contributed by atoms with Crippen LogP contribution in [0.3, 0.4) is 0 Å². The van der Waals surface area contributed by atoms with E-state index in [2.05, 4.69) is 16.8 Å². The van der Waals surface area contributed by atoms with Crippen LogP contribution in [0.5, 0.6) is 0 Å². The van der Waals surface area contributed by atoms with Gasteiger partial charge in [-0.05, 0) is 46.6 Å². The van der Waals surface area contributed by atoms with Gasteiger partial charge in [-0.3, -0.25) is 19.8 Å². The van der Waals surface area contributed by atoms with Crippen LogP contribution >= 0.6 is 0 Å². The Morgan fingerprint density at radius 2 is 1.30 bits per heavy atom. The number of amides is 3. The van der Waals surface area contributed by atoms with Gasteiger partial charge in [-0.25, -0.2) is 5.01 Å². The van der Waals surface area contributed by atoms with Crippen LogP contribution in [0.4, 0.5) is 0 Å². The van der Waals surface area contributed by atoms with Crippen molar-refractivity contribution in [2.24, 2.45) is 0 Å². The van der Waals surface area contributed by atoms with E-state index in [-0.39, 0.29) is 17.7 Å². The average Bonchev–Trinajstić information content (AvgIpc) is 3.01. The fraction of sp³-hybridized carbons (Fsp3) is 0.286. The highest BCUT2D eigenvalue weighted by molar-refractivity contribution is 5.98. The second-order valence-corrected chi connectivity index (χ2v) is 11.1. The molecular weight excluding hydrogens is 538 g/mol. The number of hydrogen-bond acceptors (Lipinski definition) is 5. The molecule has 0 aromatic heterocycles. The average molecular weight is 580 g/mol. The van der Waals surface area contributed by atoms with Gasteiger partial charge in [-0.15, -0.1) is 0 Å². The highest BCUT2D eigenvalue weighted by Gasteiger charge is 2.35. The molecule has 8 heteroatoms. The summed E-state index contributed by atoms with van der Waals surface area (Å²) in [6.07, 6.45) is 0.620. The van der Waals surface area contributed by atoms with Crippen molar-refractivity contribution >= 4 is 28.5 Å². The van der Waals surface area contributed by atoms with E-state index in [0.29, 0.717) is 24.9 Å². The van der Waals surface area contributed by atoms with E-state index in [1.165, 1.54) is 9.80 Å². The second-order valence-electron chi connectivity index (χ2n) is 11.1. The molecule has 4 aromatic carbocycles. The summed E-state index contributed by atoms with van der Waals surface area (Å²) in [6, 6.07) is 29.5. The maximum atomic E-state index is 14.4. The maximum Gasteiger partial charge on any atom is 0.257 e. The predicted octanol–water partition coefficient (Wildman–Crippen LogP) is 3.91. The van der Waals surface area contributed by atoms with Gasteiger partial charge in [-0.1, -0.05) is 84.9 Å². The molecule has 0 spiro atoms. The second kappa shape index (κ2) is 14.6. The van der Waals surface area contributed by atoms with Crippen LogP contribution in [0.2, 0.25) is 0 Å². The molecule has 0 unspecified atom stereocenters. The first-order valence-electron chi connectivity index (χ1n) is 14.4. The monoisotopic (exact) mass is 579 g/mol. The van der Waals surface area contributed by atoms with Crippen molar-refractivity contribution in [2.45, 2.75) is 31.5 Å². The molecule has 0 saturated carbocycles. The molecule has 43 heavy (non-hydrogen) atoms. The summed E-state index contributed by atoms with van der Waals surface area (Å²) in [5.41, 5.74) is 6.14. The molecule has 0 saturated heterocycles. The van der Waals surface area contributed by atoms with Gasteiger partial charge >= 0.3 is 0 Å². The van der Waals surface area contributed by atoms with Gasteiger partial charge in [0.1, 0.15) is 12.1 Å². The van der Waals surface area contributed by atoms with Crippen molar-refractivity contribution in [3.05, 3.63) is 119 Å². The quantitative estimate of drug-likeness (QED) is 0.249. The van der Waals surface area contributed by atoms with Gasteiger partial charge < -0.3 is 15.1 Å². The molecule has 224 valence electrons. The van der Waals surface area contributed by atoms with Gasteiger partial charge in [0.05, 0.1) is 0 Å². The molecular formula is C35H41N5O3. The first-order chi connectivity index (χ1) is 20.7. The van der Waals surface area contributed by atoms with Crippen molar-refractivity contribution < 1.29 is 14.4 Å². The van der Waals surface area contributed by atoms with Crippen molar-refractivity contribution in [2.75, 3.05) is 35.2 Å². The minimum atomic E-state index is -0.850. The number of benzene rings is 4. The number of nitrogens with one attached hydrogen (secondary N) is 2. The third kappa shape index (κ3) is 8.06. The standard InChI is InChI=1S/C35H41N5O3/c1-36-24-27-14-11-17-30(21-27)34(42)40(5)32(23-26-18-19-28-15-9-10-16-29(28)20-26)35(43)39(4)31(33(41)37-38(2)3)22-25-12-7-6-8-13-25/h6-21,31-32,36H,22-24H2,1-5H3,(H,37,41)/t31-,32-/m1/s1. The van der Waals surface area contributed by atoms with Gasteiger partial charge in [0, 0.05) is 53.1 Å². The summed E-state index contributed by atoms with van der Waals surface area (Å²) in [6.45, 7) is 0.620. The fourth-order valence-corrected chi connectivity index (χ4v) is 5.27. The number of nitrogens with zero attached hydrogens (tertiary/aromatic N) is 3. The number of carbonyl (C=O) groups is 3. The highest BCUT2D eigenvalue weighted by atomic mass is 16.2. The molecule has 0 aliphatic carbocycles. The SMILES string of the molecule is CNCc1cccc(C(=O)N(C)[C@H](Cc2ccc3ccccc3c2)C(=O)N(C)[C@H](Cc2ccccc2)C(=O)NN(C)C)c1. The number of fused-ring (bicyclic) bond motifs is 1. The van der Waals surface area contributed by atoms with E-state index >= 15 is 0 Å². The van der Waals surface area contributed by atoms with Crippen molar-refractivity contribution in [3.63, 3.8) is 0 Å². The lowest BCUT2D eigenvalue weighted by molar-refractivity contribution is -0.143. The number of carbonyl (C=O) groups excluding carboxylic acids is 3. The zero-order valence-electron chi connectivity index (χ0n) is 25.6. The fourth-order valence-electron chi connectivity index (χ4n) is 5.27. The molecule has 0 bridgehead atoms. The molecule has 0 heterocycles. The Kier molecular flexibility index (Phi) is 10.6. The predicted molar refractivity (Wildman–Crippen MR) is 171 cm³/mol. The molecule has 2 atom stereocenters. The van der Waals surface area contributed by atoms with E-state index in [9.17, 15) is 14.4 Å². The molecule has 0 fully saturated rings. The smallest absolute Gasteiger partial charge is 0.257 e. The van der Waals surface area contributed by atoms with Crippen LogP contribution in [0.25, 0.3) is 10.8 Å². The summed E-state index contributed by atoms with van der Waals surface area (Å²) in [4.78, 5) is 44.7. The summed E-state index contributed by atoms with van der Waals surface area (Å²) < 4.78 is 0. The number of hydrazine groups is 1. The van der Waals surface area contributed by atoms with Crippen LogP contribution in [-0.2, 0) is 29.0 Å². The third-order valence-electron chi connectivity index (χ3n) is 7.59. The molecule has 4 aromatic rings. The van der Waals surface area contributed by atoms with E-state index in [1.54, 1.807) is 39.3 Å². The van der Waals surface area contributed by atoms with Crippen molar-refractivity contribution in [3.8, 4) is 0 Å². The number of rotatable bonds is 12. The maximum absolute atomic E-state index is 14.4. The van der Waals surface area contributed by atoms with E-state index in [4.69, 9.17) is 0 Å². The Hall–Kier alpha value is -4.53. The Morgan fingerprint density at radius 1 is 0.651 bits per heavy atom. The summed E-state index contributed by atoms with van der Waals surface area (Å²) >= 11 is 0. The summed E-state index contributed by atoms with van der Waals surface area (Å²) in [7, 11) is 8.63. The lowest BCUT2D eigenvalue weighted by Gasteiger charge is -2.35. The molecule has 3 amide bonds. The molecule has 2 N–H and O–H groups in total. The Labute approximate surface area is 254 Å². The lowest BCUT2D eigenvalue weighted by atomic mass is 9.98. The zero-order valence-corrected chi connectivity index (χ0v) is 25.6. The van der Waals surface area contributed by atoms with Gasteiger partial charge in [-0.2, -0.15) is 0 Å². The van der Waals surface area contributed by atoms with Crippen LogP contribution in [0, 0.1) is 0 Å². The first-order valence-corrected chi connectivity index (χ1v) is 14.4. The lowest BCUT2D eigenvalue weighted by Crippen LogP contribution is -2.57. The number of likely N-dealkylation sites (N-methyl/N-ethyl adjacent to an activating group) is 2. The minimum absolute atomic E-state index is 0.261. The van der Waals surface area contributed by atoms with Crippen LogP contribution in [-0.4, -0.2) is 79.9 Å². The van der Waals surface area contributed by atoms with Crippen molar-refractivity contribution in [1.29, 1.82) is 0 Å². The normalized spacial score (nSPS) is 12.5. The van der Waals surface area contributed by atoms with Gasteiger partial charge in [0.2, 0.25) is 5.91 Å².